The zero-order chi connectivity index (χ0) is 12.8. The molecule has 5 heteroatoms. The Bertz CT molecular complexity index is 392. The van der Waals surface area contributed by atoms with Crippen molar-refractivity contribution in [2.75, 3.05) is 13.0 Å². The van der Waals surface area contributed by atoms with E-state index in [4.69, 9.17) is 21.4 Å². The summed E-state index contributed by atoms with van der Waals surface area (Å²) in [6.07, 6.45) is 0.0560. The summed E-state index contributed by atoms with van der Waals surface area (Å²) in [4.78, 5) is 10.6. The molecule has 0 saturated heterocycles. The molecule has 0 saturated carbocycles. The first-order valence-electron chi connectivity index (χ1n) is 5.23. The summed E-state index contributed by atoms with van der Waals surface area (Å²) in [7, 11) is 1.51. The van der Waals surface area contributed by atoms with Crippen LogP contribution in [0.2, 0.25) is 0 Å². The summed E-state index contributed by atoms with van der Waals surface area (Å²) in [6.45, 7) is 0. The van der Waals surface area contributed by atoms with E-state index in [-0.39, 0.29) is 0 Å². The van der Waals surface area contributed by atoms with E-state index >= 15 is 0 Å². The van der Waals surface area contributed by atoms with Gasteiger partial charge in [-0.25, -0.2) is 4.79 Å². The SMILES string of the molecule is COc1cc(C(O)C(=O)O)ccc1CCCCl. The van der Waals surface area contributed by atoms with Gasteiger partial charge in [0.1, 0.15) is 5.75 Å². The van der Waals surface area contributed by atoms with Gasteiger partial charge in [0.15, 0.2) is 6.10 Å². The highest BCUT2D eigenvalue weighted by Gasteiger charge is 2.17. The Morgan fingerprint density at radius 2 is 2.24 bits per heavy atom. The van der Waals surface area contributed by atoms with Crippen molar-refractivity contribution >= 4 is 17.6 Å². The molecule has 0 aliphatic rings. The van der Waals surface area contributed by atoms with Gasteiger partial charge < -0.3 is 14.9 Å². The maximum atomic E-state index is 10.6. The fourth-order valence-electron chi connectivity index (χ4n) is 1.54. The number of aliphatic carboxylic acids is 1. The Morgan fingerprint density at radius 3 is 2.76 bits per heavy atom. The van der Waals surface area contributed by atoms with Crippen LogP contribution in [0.3, 0.4) is 0 Å². The van der Waals surface area contributed by atoms with Crippen LogP contribution in [-0.2, 0) is 11.2 Å². The third-order valence-electron chi connectivity index (χ3n) is 2.44. The van der Waals surface area contributed by atoms with Gasteiger partial charge in [-0.2, -0.15) is 0 Å². The lowest BCUT2D eigenvalue weighted by Crippen LogP contribution is -2.10. The molecule has 1 rings (SSSR count). The second-order valence-electron chi connectivity index (χ2n) is 3.60. The zero-order valence-electron chi connectivity index (χ0n) is 9.52. The van der Waals surface area contributed by atoms with E-state index in [0.29, 0.717) is 17.2 Å². The van der Waals surface area contributed by atoms with Crippen LogP contribution in [0, 0.1) is 0 Å². The Balaban J connectivity index is 2.95. The Morgan fingerprint density at radius 1 is 1.53 bits per heavy atom. The van der Waals surface area contributed by atoms with Crippen molar-refractivity contribution in [1.82, 2.24) is 0 Å². The molecule has 0 radical (unpaired) electrons. The second kappa shape index (κ2) is 6.47. The smallest absolute Gasteiger partial charge is 0.337 e. The molecule has 0 aliphatic carbocycles. The number of carboxylic acids is 1. The predicted molar refractivity (Wildman–Crippen MR) is 64.6 cm³/mol. The molecule has 94 valence electrons. The molecule has 0 bridgehead atoms. The molecule has 0 aromatic heterocycles. The first-order valence-corrected chi connectivity index (χ1v) is 5.77. The fourth-order valence-corrected chi connectivity index (χ4v) is 1.67. The van der Waals surface area contributed by atoms with Crippen LogP contribution in [0.1, 0.15) is 23.7 Å². The van der Waals surface area contributed by atoms with Gasteiger partial charge in [-0.1, -0.05) is 12.1 Å². The monoisotopic (exact) mass is 258 g/mol. The molecule has 0 amide bonds. The van der Waals surface area contributed by atoms with E-state index in [2.05, 4.69) is 0 Å². The quantitative estimate of drug-likeness (QED) is 0.766. The number of ether oxygens (including phenoxy) is 1. The molecule has 1 unspecified atom stereocenters. The summed E-state index contributed by atoms with van der Waals surface area (Å²) < 4.78 is 5.17. The fraction of sp³-hybridized carbons (Fsp3) is 0.417. The number of carbonyl (C=O) groups is 1. The van der Waals surface area contributed by atoms with Crippen LogP contribution >= 0.6 is 11.6 Å². The lowest BCUT2D eigenvalue weighted by atomic mass is 10.0. The molecule has 0 heterocycles. The first-order chi connectivity index (χ1) is 8.10. The van der Waals surface area contributed by atoms with Crippen molar-refractivity contribution in [3.05, 3.63) is 29.3 Å². The van der Waals surface area contributed by atoms with Gasteiger partial charge >= 0.3 is 5.97 Å². The van der Waals surface area contributed by atoms with Crippen LogP contribution in [0.15, 0.2) is 18.2 Å². The molecular weight excluding hydrogens is 244 g/mol. The van der Waals surface area contributed by atoms with Crippen molar-refractivity contribution in [1.29, 1.82) is 0 Å². The third-order valence-corrected chi connectivity index (χ3v) is 2.71. The van der Waals surface area contributed by atoms with E-state index in [9.17, 15) is 9.90 Å². The molecule has 17 heavy (non-hydrogen) atoms. The minimum absolute atomic E-state index is 0.309. The van der Waals surface area contributed by atoms with Gasteiger partial charge in [0, 0.05) is 5.88 Å². The van der Waals surface area contributed by atoms with Crippen LogP contribution in [0.4, 0.5) is 0 Å². The summed E-state index contributed by atoms with van der Waals surface area (Å²) in [5.74, 6) is -0.142. The topological polar surface area (TPSA) is 66.8 Å². The first kappa shape index (κ1) is 13.8. The molecular formula is C12H15ClO4. The summed E-state index contributed by atoms with van der Waals surface area (Å²) in [6, 6.07) is 4.89. The number of halogens is 1. The average molecular weight is 259 g/mol. The van der Waals surface area contributed by atoms with E-state index in [1.807, 2.05) is 0 Å². The van der Waals surface area contributed by atoms with E-state index in [0.717, 1.165) is 18.4 Å². The van der Waals surface area contributed by atoms with Gasteiger partial charge in [0.25, 0.3) is 0 Å². The molecule has 4 nitrogen and oxygen atoms in total. The van der Waals surface area contributed by atoms with Crippen LogP contribution < -0.4 is 4.74 Å². The third kappa shape index (κ3) is 3.61. The summed E-state index contributed by atoms with van der Waals surface area (Å²) >= 11 is 5.61. The highest BCUT2D eigenvalue weighted by Crippen LogP contribution is 2.25. The number of alkyl halides is 1. The number of aliphatic hydroxyl groups excluding tert-OH is 1. The number of methoxy groups -OCH3 is 1. The maximum Gasteiger partial charge on any atom is 0.337 e. The molecule has 1 aromatic carbocycles. The van der Waals surface area contributed by atoms with E-state index in [1.54, 1.807) is 18.2 Å². The van der Waals surface area contributed by atoms with E-state index in [1.165, 1.54) is 7.11 Å². The number of hydrogen-bond acceptors (Lipinski definition) is 3. The average Bonchev–Trinajstić information content (AvgIpc) is 2.35. The largest absolute Gasteiger partial charge is 0.496 e. The summed E-state index contributed by atoms with van der Waals surface area (Å²) in [5, 5.41) is 18.1. The van der Waals surface area contributed by atoms with Gasteiger partial charge in [0.05, 0.1) is 7.11 Å². The number of hydrogen-bond donors (Lipinski definition) is 2. The Hall–Kier alpha value is -1.26. The molecule has 0 spiro atoms. The maximum absolute atomic E-state index is 10.6. The van der Waals surface area contributed by atoms with Crippen molar-refractivity contribution in [3.8, 4) is 5.75 Å². The Kier molecular flexibility index (Phi) is 5.25. The van der Waals surface area contributed by atoms with Gasteiger partial charge in [-0.05, 0) is 30.0 Å². The standard InChI is InChI=1S/C12H15ClO4/c1-17-10-7-9(11(14)12(15)16)5-4-8(10)3-2-6-13/h4-5,7,11,14H,2-3,6H2,1H3,(H,15,16). The van der Waals surface area contributed by atoms with Crippen molar-refractivity contribution in [3.63, 3.8) is 0 Å². The van der Waals surface area contributed by atoms with Crippen molar-refractivity contribution in [2.24, 2.45) is 0 Å². The minimum atomic E-state index is -1.52. The molecule has 2 N–H and O–H groups in total. The lowest BCUT2D eigenvalue weighted by Gasteiger charge is -2.12. The Labute approximate surface area is 105 Å². The molecule has 0 fully saturated rings. The highest BCUT2D eigenvalue weighted by atomic mass is 35.5. The number of aliphatic hydroxyl groups is 1. The number of rotatable bonds is 6. The second-order valence-corrected chi connectivity index (χ2v) is 3.98. The van der Waals surface area contributed by atoms with Gasteiger partial charge in [0.2, 0.25) is 0 Å². The molecule has 1 aromatic rings. The highest BCUT2D eigenvalue weighted by molar-refractivity contribution is 6.17. The van der Waals surface area contributed by atoms with Gasteiger partial charge in [-0.3, -0.25) is 0 Å². The number of benzene rings is 1. The number of carboxylic acid groups (broad SMARTS) is 1. The summed E-state index contributed by atoms with van der Waals surface area (Å²) in [5.41, 5.74) is 1.26. The number of aryl methyl sites for hydroxylation is 1. The van der Waals surface area contributed by atoms with Crippen molar-refractivity contribution in [2.45, 2.75) is 18.9 Å². The van der Waals surface area contributed by atoms with Crippen molar-refractivity contribution < 1.29 is 19.7 Å². The van der Waals surface area contributed by atoms with Crippen LogP contribution in [0.5, 0.6) is 5.75 Å². The minimum Gasteiger partial charge on any atom is -0.496 e. The lowest BCUT2D eigenvalue weighted by molar-refractivity contribution is -0.146. The van der Waals surface area contributed by atoms with Gasteiger partial charge in [-0.15, -0.1) is 11.6 Å². The van der Waals surface area contributed by atoms with Crippen LogP contribution in [0.25, 0.3) is 0 Å². The van der Waals surface area contributed by atoms with E-state index < -0.39 is 12.1 Å². The normalized spacial score (nSPS) is 12.2. The zero-order valence-corrected chi connectivity index (χ0v) is 10.3. The van der Waals surface area contributed by atoms with Crippen LogP contribution in [-0.4, -0.2) is 29.2 Å². The predicted octanol–water partition coefficient (Wildman–Crippen LogP) is 1.98. The molecule has 1 atom stereocenters. The molecule has 0 aliphatic heterocycles.